The first kappa shape index (κ1) is 13.1. The molecule has 6 heteroatoms. The van der Waals surface area contributed by atoms with Crippen LogP contribution in [0.3, 0.4) is 0 Å². The van der Waals surface area contributed by atoms with Crippen LogP contribution in [0.4, 0.5) is 18.9 Å². The fraction of sp³-hybridized carbons (Fsp3) is 0.400. The van der Waals surface area contributed by atoms with Crippen molar-refractivity contribution in [2.24, 2.45) is 0 Å². The van der Waals surface area contributed by atoms with Gasteiger partial charge in [-0.1, -0.05) is 17.7 Å². The third kappa shape index (κ3) is 3.57. The summed E-state index contributed by atoms with van der Waals surface area (Å²) in [7, 11) is 0. The molecule has 1 aromatic carbocycles. The average Bonchev–Trinajstić information content (AvgIpc) is 2.14. The second-order valence-electron chi connectivity index (χ2n) is 3.35. The molecule has 0 radical (unpaired) electrons. The van der Waals surface area contributed by atoms with E-state index in [1.165, 1.54) is 6.07 Å². The maximum atomic E-state index is 12.1. The van der Waals surface area contributed by atoms with Crippen molar-refractivity contribution in [3.8, 4) is 0 Å². The van der Waals surface area contributed by atoms with E-state index < -0.39 is 12.3 Å². The minimum atomic E-state index is -4.36. The SMILES string of the molecule is CC(OCc1ccc(N)cc1Cl)C(F)(F)F. The number of hydrogen-bond acceptors (Lipinski definition) is 2. The highest BCUT2D eigenvalue weighted by atomic mass is 35.5. The zero-order chi connectivity index (χ0) is 12.3. The van der Waals surface area contributed by atoms with Crippen LogP contribution in [-0.2, 0) is 11.3 Å². The third-order valence-electron chi connectivity index (χ3n) is 2.03. The van der Waals surface area contributed by atoms with Crippen molar-refractivity contribution in [1.29, 1.82) is 0 Å². The Balaban J connectivity index is 2.62. The van der Waals surface area contributed by atoms with Crippen LogP contribution < -0.4 is 5.73 Å². The largest absolute Gasteiger partial charge is 0.414 e. The zero-order valence-corrected chi connectivity index (χ0v) is 9.27. The summed E-state index contributed by atoms with van der Waals surface area (Å²) < 4.78 is 41.1. The number of hydrogen-bond donors (Lipinski definition) is 1. The molecule has 0 aliphatic heterocycles. The monoisotopic (exact) mass is 253 g/mol. The van der Waals surface area contributed by atoms with Gasteiger partial charge in [0.15, 0.2) is 6.10 Å². The van der Waals surface area contributed by atoms with E-state index in [0.29, 0.717) is 16.3 Å². The summed E-state index contributed by atoms with van der Waals surface area (Å²) in [4.78, 5) is 0. The van der Waals surface area contributed by atoms with E-state index in [0.717, 1.165) is 6.92 Å². The molecule has 1 atom stereocenters. The van der Waals surface area contributed by atoms with Crippen LogP contribution in [0.15, 0.2) is 18.2 Å². The molecule has 1 unspecified atom stereocenters. The number of rotatable bonds is 3. The van der Waals surface area contributed by atoms with Crippen molar-refractivity contribution in [1.82, 2.24) is 0 Å². The summed E-state index contributed by atoms with van der Waals surface area (Å²) in [5.74, 6) is 0. The number of halogens is 4. The van der Waals surface area contributed by atoms with Gasteiger partial charge in [0.25, 0.3) is 0 Å². The van der Waals surface area contributed by atoms with Gasteiger partial charge in [0.1, 0.15) is 0 Å². The fourth-order valence-electron chi connectivity index (χ4n) is 0.990. The number of benzene rings is 1. The van der Waals surface area contributed by atoms with Crippen molar-refractivity contribution in [2.45, 2.75) is 25.8 Å². The number of ether oxygens (including phenoxy) is 1. The standard InChI is InChI=1S/C10H11ClF3NO/c1-6(10(12,13)14)16-5-7-2-3-8(15)4-9(7)11/h2-4,6H,5,15H2,1H3. The molecule has 0 aliphatic rings. The van der Waals surface area contributed by atoms with Crippen molar-refractivity contribution in [3.05, 3.63) is 28.8 Å². The normalized spacial score (nSPS) is 13.8. The van der Waals surface area contributed by atoms with Crippen molar-refractivity contribution >= 4 is 17.3 Å². The Kier molecular flexibility index (Phi) is 4.04. The van der Waals surface area contributed by atoms with E-state index in [-0.39, 0.29) is 6.61 Å². The van der Waals surface area contributed by atoms with Gasteiger partial charge in [-0.2, -0.15) is 13.2 Å². The predicted octanol–water partition coefficient (Wildman–Crippen LogP) is 3.39. The molecule has 0 aromatic heterocycles. The highest BCUT2D eigenvalue weighted by molar-refractivity contribution is 6.31. The van der Waals surface area contributed by atoms with Crippen LogP contribution in [0, 0.1) is 0 Å². The van der Waals surface area contributed by atoms with Crippen LogP contribution in [0.1, 0.15) is 12.5 Å². The summed E-state index contributed by atoms with van der Waals surface area (Å²) in [6.07, 6.45) is -6.18. The number of anilines is 1. The minimum absolute atomic E-state index is 0.195. The van der Waals surface area contributed by atoms with Crippen molar-refractivity contribution in [2.75, 3.05) is 5.73 Å². The van der Waals surface area contributed by atoms with Gasteiger partial charge in [0, 0.05) is 10.7 Å². The first-order valence-corrected chi connectivity index (χ1v) is 4.90. The summed E-state index contributed by atoms with van der Waals surface area (Å²) in [5.41, 5.74) is 6.38. The summed E-state index contributed by atoms with van der Waals surface area (Å²) in [6.45, 7) is 0.755. The first-order valence-electron chi connectivity index (χ1n) is 4.53. The molecule has 0 saturated carbocycles. The van der Waals surface area contributed by atoms with Gasteiger partial charge >= 0.3 is 6.18 Å². The summed E-state index contributed by atoms with van der Waals surface area (Å²) in [5, 5.41) is 0.300. The Labute approximate surface area is 96.1 Å². The van der Waals surface area contributed by atoms with E-state index in [2.05, 4.69) is 4.74 Å². The van der Waals surface area contributed by atoms with E-state index in [1.54, 1.807) is 12.1 Å². The van der Waals surface area contributed by atoms with Crippen LogP contribution >= 0.6 is 11.6 Å². The summed E-state index contributed by atoms with van der Waals surface area (Å²) in [6, 6.07) is 4.57. The van der Waals surface area contributed by atoms with E-state index in [1.807, 2.05) is 0 Å². The van der Waals surface area contributed by atoms with Crippen LogP contribution in [0.2, 0.25) is 5.02 Å². The Morgan fingerprint density at radius 2 is 2.06 bits per heavy atom. The van der Waals surface area contributed by atoms with Gasteiger partial charge in [-0.15, -0.1) is 0 Å². The minimum Gasteiger partial charge on any atom is -0.399 e. The molecule has 0 saturated heterocycles. The highest BCUT2D eigenvalue weighted by Gasteiger charge is 2.36. The van der Waals surface area contributed by atoms with Gasteiger partial charge < -0.3 is 10.5 Å². The Bertz CT molecular complexity index is 368. The molecule has 0 bridgehead atoms. The van der Waals surface area contributed by atoms with E-state index in [9.17, 15) is 13.2 Å². The van der Waals surface area contributed by atoms with Gasteiger partial charge in [0.05, 0.1) is 6.61 Å². The number of nitrogen functional groups attached to an aromatic ring is 1. The quantitative estimate of drug-likeness (QED) is 0.838. The second kappa shape index (κ2) is 4.93. The molecule has 0 aliphatic carbocycles. The lowest BCUT2D eigenvalue weighted by atomic mass is 10.2. The molecule has 2 nitrogen and oxygen atoms in total. The molecular formula is C10H11ClF3NO. The molecule has 0 amide bonds. The molecule has 0 fully saturated rings. The maximum Gasteiger partial charge on any atom is 0.414 e. The molecule has 1 rings (SSSR count). The van der Waals surface area contributed by atoms with Crippen molar-refractivity contribution in [3.63, 3.8) is 0 Å². The average molecular weight is 254 g/mol. The lowest BCUT2D eigenvalue weighted by Crippen LogP contribution is -2.28. The van der Waals surface area contributed by atoms with E-state index in [4.69, 9.17) is 17.3 Å². The smallest absolute Gasteiger partial charge is 0.399 e. The Morgan fingerprint density at radius 1 is 1.44 bits per heavy atom. The molecular weight excluding hydrogens is 243 g/mol. The lowest BCUT2D eigenvalue weighted by Gasteiger charge is -2.16. The number of nitrogens with two attached hydrogens (primary N) is 1. The topological polar surface area (TPSA) is 35.2 Å². The van der Waals surface area contributed by atoms with Gasteiger partial charge in [0.2, 0.25) is 0 Å². The Morgan fingerprint density at radius 3 is 2.56 bits per heavy atom. The lowest BCUT2D eigenvalue weighted by molar-refractivity contribution is -0.217. The first-order chi connectivity index (χ1) is 7.30. The van der Waals surface area contributed by atoms with Gasteiger partial charge in [-0.3, -0.25) is 0 Å². The van der Waals surface area contributed by atoms with Crippen LogP contribution in [0.25, 0.3) is 0 Å². The predicted molar refractivity (Wildman–Crippen MR) is 56.2 cm³/mol. The molecule has 16 heavy (non-hydrogen) atoms. The van der Waals surface area contributed by atoms with Crippen LogP contribution in [-0.4, -0.2) is 12.3 Å². The van der Waals surface area contributed by atoms with E-state index >= 15 is 0 Å². The zero-order valence-electron chi connectivity index (χ0n) is 8.51. The summed E-state index contributed by atoms with van der Waals surface area (Å²) >= 11 is 5.79. The molecule has 2 N–H and O–H groups in total. The maximum absolute atomic E-state index is 12.1. The van der Waals surface area contributed by atoms with Crippen LogP contribution in [0.5, 0.6) is 0 Å². The third-order valence-corrected chi connectivity index (χ3v) is 2.38. The van der Waals surface area contributed by atoms with Crippen molar-refractivity contribution < 1.29 is 17.9 Å². The second-order valence-corrected chi connectivity index (χ2v) is 3.75. The molecule has 0 spiro atoms. The number of alkyl halides is 3. The fourth-order valence-corrected chi connectivity index (χ4v) is 1.23. The van der Waals surface area contributed by atoms with Gasteiger partial charge in [-0.05, 0) is 24.6 Å². The molecule has 0 heterocycles. The van der Waals surface area contributed by atoms with Gasteiger partial charge in [-0.25, -0.2) is 0 Å². The Hall–Kier alpha value is -0.940. The molecule has 1 aromatic rings. The highest BCUT2D eigenvalue weighted by Crippen LogP contribution is 2.25. The molecule has 90 valence electrons.